The van der Waals surface area contributed by atoms with Crippen molar-refractivity contribution in [3.63, 3.8) is 0 Å². The minimum Gasteiger partial charge on any atom is -0.323 e. The second-order valence-corrected chi connectivity index (χ2v) is 6.62. The summed E-state index contributed by atoms with van der Waals surface area (Å²) < 4.78 is 39.7. The first-order valence-corrected chi connectivity index (χ1v) is 8.95. The van der Waals surface area contributed by atoms with E-state index in [9.17, 15) is 18.0 Å². The molecular formula is C20H22F3N3O. The van der Waals surface area contributed by atoms with Crippen LogP contribution >= 0.6 is 0 Å². The van der Waals surface area contributed by atoms with Gasteiger partial charge in [0.15, 0.2) is 17.5 Å². The molecule has 27 heavy (non-hydrogen) atoms. The quantitative estimate of drug-likeness (QED) is 0.785. The van der Waals surface area contributed by atoms with E-state index in [1.807, 2.05) is 18.2 Å². The van der Waals surface area contributed by atoms with Crippen LogP contribution in [-0.4, -0.2) is 48.4 Å². The molecular weight excluding hydrogens is 355 g/mol. The highest BCUT2D eigenvalue weighted by molar-refractivity contribution is 5.90. The molecule has 0 atom stereocenters. The van der Waals surface area contributed by atoms with Crippen molar-refractivity contribution in [2.75, 3.05) is 38.0 Å². The normalized spacial score (nSPS) is 15.7. The van der Waals surface area contributed by atoms with Gasteiger partial charge >= 0.3 is 0 Å². The Bertz CT molecular complexity index is 778. The molecule has 1 saturated heterocycles. The molecule has 0 aromatic heterocycles. The number of anilines is 1. The monoisotopic (exact) mass is 377 g/mol. The number of amides is 1. The van der Waals surface area contributed by atoms with Crippen molar-refractivity contribution in [1.82, 2.24) is 9.80 Å². The van der Waals surface area contributed by atoms with Crippen LogP contribution in [0.25, 0.3) is 0 Å². The molecule has 1 aliphatic rings. The summed E-state index contributed by atoms with van der Waals surface area (Å²) in [4.78, 5) is 16.5. The van der Waals surface area contributed by atoms with Gasteiger partial charge in [0.1, 0.15) is 0 Å². The van der Waals surface area contributed by atoms with Gasteiger partial charge in [-0.15, -0.1) is 0 Å². The zero-order valence-electron chi connectivity index (χ0n) is 14.9. The van der Waals surface area contributed by atoms with Crippen LogP contribution < -0.4 is 5.32 Å². The molecule has 0 unspecified atom stereocenters. The summed E-state index contributed by atoms with van der Waals surface area (Å²) in [6, 6.07) is 12.1. The lowest BCUT2D eigenvalue weighted by molar-refractivity contribution is -0.116. The van der Waals surface area contributed by atoms with Gasteiger partial charge in [0.05, 0.1) is 5.69 Å². The summed E-state index contributed by atoms with van der Waals surface area (Å²) in [5.74, 6) is -4.66. The van der Waals surface area contributed by atoms with Crippen molar-refractivity contribution < 1.29 is 18.0 Å². The van der Waals surface area contributed by atoms with Crippen LogP contribution in [0.3, 0.4) is 0 Å². The predicted octanol–water partition coefficient (Wildman–Crippen LogP) is 3.25. The Morgan fingerprint density at radius 2 is 1.56 bits per heavy atom. The number of halogens is 3. The second-order valence-electron chi connectivity index (χ2n) is 6.62. The minimum absolute atomic E-state index is 0.164. The largest absolute Gasteiger partial charge is 0.323 e. The molecule has 1 heterocycles. The van der Waals surface area contributed by atoms with E-state index in [4.69, 9.17) is 0 Å². The molecule has 144 valence electrons. The standard InChI is InChI=1S/C20H22F3N3O/c21-16-6-7-17(20(23)19(16)22)24-18(27)8-9-25-10-12-26(13-11-25)14-15-4-2-1-3-5-15/h1-7H,8-14H2,(H,24,27). The molecule has 2 aromatic carbocycles. The smallest absolute Gasteiger partial charge is 0.225 e. The number of hydrogen-bond acceptors (Lipinski definition) is 3. The van der Waals surface area contributed by atoms with Crippen LogP contribution in [0.2, 0.25) is 0 Å². The fourth-order valence-electron chi connectivity index (χ4n) is 3.11. The van der Waals surface area contributed by atoms with Gasteiger partial charge < -0.3 is 10.2 Å². The summed E-state index contributed by atoms with van der Waals surface area (Å²) in [5.41, 5.74) is 0.936. The van der Waals surface area contributed by atoms with Crippen LogP contribution in [0.1, 0.15) is 12.0 Å². The van der Waals surface area contributed by atoms with Crippen molar-refractivity contribution in [2.45, 2.75) is 13.0 Å². The Morgan fingerprint density at radius 1 is 0.889 bits per heavy atom. The van der Waals surface area contributed by atoms with Crippen molar-refractivity contribution in [2.24, 2.45) is 0 Å². The Hall–Kier alpha value is -2.38. The molecule has 0 bridgehead atoms. The maximum absolute atomic E-state index is 13.6. The number of nitrogens with one attached hydrogen (secondary N) is 1. The number of carbonyl (C=O) groups excluding carboxylic acids is 1. The fourth-order valence-corrected chi connectivity index (χ4v) is 3.11. The van der Waals surface area contributed by atoms with E-state index >= 15 is 0 Å². The minimum atomic E-state index is -1.58. The van der Waals surface area contributed by atoms with Gasteiger partial charge in [-0.05, 0) is 17.7 Å². The average Bonchev–Trinajstić information content (AvgIpc) is 2.69. The van der Waals surface area contributed by atoms with Crippen molar-refractivity contribution >= 4 is 11.6 Å². The van der Waals surface area contributed by atoms with Crippen LogP contribution in [0, 0.1) is 17.5 Å². The number of hydrogen-bond donors (Lipinski definition) is 1. The van der Waals surface area contributed by atoms with E-state index in [1.54, 1.807) is 0 Å². The molecule has 0 saturated carbocycles. The summed E-state index contributed by atoms with van der Waals surface area (Å²) in [6.07, 6.45) is 0.164. The lowest BCUT2D eigenvalue weighted by atomic mass is 10.2. The van der Waals surface area contributed by atoms with Crippen molar-refractivity contribution in [3.8, 4) is 0 Å². The molecule has 0 aliphatic carbocycles. The zero-order chi connectivity index (χ0) is 19.2. The van der Waals surface area contributed by atoms with Crippen LogP contribution in [-0.2, 0) is 11.3 Å². The molecule has 2 aromatic rings. The van der Waals surface area contributed by atoms with Crippen molar-refractivity contribution in [3.05, 3.63) is 65.5 Å². The molecule has 4 nitrogen and oxygen atoms in total. The van der Waals surface area contributed by atoms with E-state index in [0.717, 1.165) is 44.9 Å². The summed E-state index contributed by atoms with van der Waals surface area (Å²) in [6.45, 7) is 4.96. The summed E-state index contributed by atoms with van der Waals surface area (Å²) in [5, 5.41) is 2.30. The third-order valence-electron chi connectivity index (χ3n) is 4.68. The van der Waals surface area contributed by atoms with E-state index in [-0.39, 0.29) is 12.1 Å². The van der Waals surface area contributed by atoms with Gasteiger partial charge in [0.2, 0.25) is 5.91 Å². The van der Waals surface area contributed by atoms with Crippen molar-refractivity contribution in [1.29, 1.82) is 0 Å². The maximum atomic E-state index is 13.6. The topological polar surface area (TPSA) is 35.6 Å². The Morgan fingerprint density at radius 3 is 2.26 bits per heavy atom. The average molecular weight is 377 g/mol. The number of benzene rings is 2. The Balaban J connectivity index is 1.41. The lowest BCUT2D eigenvalue weighted by Gasteiger charge is -2.34. The first-order valence-electron chi connectivity index (χ1n) is 8.95. The van der Waals surface area contributed by atoms with Crippen LogP contribution in [0.15, 0.2) is 42.5 Å². The highest BCUT2D eigenvalue weighted by Gasteiger charge is 2.19. The number of nitrogens with zero attached hydrogens (tertiary/aromatic N) is 2. The van der Waals surface area contributed by atoms with E-state index in [0.29, 0.717) is 6.54 Å². The van der Waals surface area contributed by atoms with Gasteiger partial charge in [-0.25, -0.2) is 13.2 Å². The van der Waals surface area contributed by atoms with E-state index in [2.05, 4.69) is 27.2 Å². The number of carbonyl (C=O) groups is 1. The Kier molecular flexibility index (Phi) is 6.47. The van der Waals surface area contributed by atoms with Gasteiger partial charge in [-0.3, -0.25) is 9.69 Å². The van der Waals surface area contributed by atoms with Crippen LogP contribution in [0.4, 0.5) is 18.9 Å². The van der Waals surface area contributed by atoms with Crippen LogP contribution in [0.5, 0.6) is 0 Å². The van der Waals surface area contributed by atoms with Gasteiger partial charge in [0.25, 0.3) is 0 Å². The SMILES string of the molecule is O=C(CCN1CCN(Cc2ccccc2)CC1)Nc1ccc(F)c(F)c1F. The maximum Gasteiger partial charge on any atom is 0.225 e. The number of piperazine rings is 1. The van der Waals surface area contributed by atoms with Gasteiger partial charge in [-0.1, -0.05) is 30.3 Å². The van der Waals surface area contributed by atoms with Gasteiger partial charge in [0, 0.05) is 45.7 Å². The zero-order valence-corrected chi connectivity index (χ0v) is 14.9. The fraction of sp³-hybridized carbons (Fsp3) is 0.350. The summed E-state index contributed by atoms with van der Waals surface area (Å²) >= 11 is 0. The van der Waals surface area contributed by atoms with E-state index < -0.39 is 23.4 Å². The van der Waals surface area contributed by atoms with Gasteiger partial charge in [-0.2, -0.15) is 0 Å². The first kappa shape index (κ1) is 19.4. The third-order valence-corrected chi connectivity index (χ3v) is 4.68. The predicted molar refractivity (Wildman–Crippen MR) is 97.7 cm³/mol. The second kappa shape index (κ2) is 9.01. The molecule has 3 rings (SSSR count). The lowest BCUT2D eigenvalue weighted by Crippen LogP contribution is -2.46. The molecule has 0 spiro atoms. The molecule has 7 heteroatoms. The Labute approximate surface area is 156 Å². The van der Waals surface area contributed by atoms with E-state index in [1.165, 1.54) is 5.56 Å². The highest BCUT2D eigenvalue weighted by atomic mass is 19.2. The number of rotatable bonds is 6. The summed E-state index contributed by atoms with van der Waals surface area (Å²) in [7, 11) is 0. The molecule has 1 aliphatic heterocycles. The molecule has 1 fully saturated rings. The first-order chi connectivity index (χ1) is 13.0. The third kappa shape index (κ3) is 5.30. The highest BCUT2D eigenvalue weighted by Crippen LogP contribution is 2.19. The molecule has 0 radical (unpaired) electrons. The molecule has 1 N–H and O–H groups in total. The molecule has 1 amide bonds.